The highest BCUT2D eigenvalue weighted by Crippen LogP contribution is 2.30. The standard InChI is InChI=1S/C30H27F3N6O3S/c1-3-20-6-4-5-7-25(20)39-26(40)17-43-29(39)36-28(41)34-16-19(2)21-8-10-22(11-9-21)27-35-18-38(37-27)23-12-14-24(15-13-23)42-30(31,32)33/h4-15,18-19H,3,16-17H2,1-2H3,(H,34,41)/b36-29-. The average molecular weight is 609 g/mol. The summed E-state index contributed by atoms with van der Waals surface area (Å²) in [4.78, 5) is 35.3. The third kappa shape index (κ3) is 7.23. The number of amides is 3. The Labute approximate surface area is 249 Å². The number of carbonyl (C=O) groups is 2. The van der Waals surface area contributed by atoms with Gasteiger partial charge in [0.2, 0.25) is 5.91 Å². The normalized spacial score (nSPS) is 15.1. The summed E-state index contributed by atoms with van der Waals surface area (Å²) in [6, 6.07) is 19.9. The van der Waals surface area contributed by atoms with Crippen LogP contribution in [0.5, 0.6) is 5.75 Å². The maximum Gasteiger partial charge on any atom is 0.573 e. The van der Waals surface area contributed by atoms with E-state index in [4.69, 9.17) is 0 Å². The quantitative estimate of drug-likeness (QED) is 0.250. The fourth-order valence-electron chi connectivity index (χ4n) is 4.48. The van der Waals surface area contributed by atoms with Crippen LogP contribution in [0.3, 0.4) is 0 Å². The number of halogens is 3. The molecule has 0 spiro atoms. The fraction of sp³-hybridized carbons (Fsp3) is 0.233. The minimum absolute atomic E-state index is 0.0315. The number of amidine groups is 1. The smallest absolute Gasteiger partial charge is 0.406 e. The SMILES string of the molecule is CCc1ccccc1N1C(=O)CS/C1=N\C(=O)NCC(C)c1ccc(-c2ncn(-c3ccc(OC(F)(F)F)cc3)n2)cc1. The molecule has 0 radical (unpaired) electrons. The molecule has 1 N–H and O–H groups in total. The van der Waals surface area contributed by atoms with Gasteiger partial charge in [-0.1, -0.05) is 68.1 Å². The van der Waals surface area contributed by atoms with Gasteiger partial charge in [-0.2, -0.15) is 4.99 Å². The summed E-state index contributed by atoms with van der Waals surface area (Å²) in [6.07, 6.45) is -2.54. The van der Waals surface area contributed by atoms with E-state index in [9.17, 15) is 22.8 Å². The topological polar surface area (TPSA) is 102 Å². The Balaban J connectivity index is 1.19. The van der Waals surface area contributed by atoms with E-state index in [1.165, 1.54) is 51.9 Å². The number of aryl methyl sites for hydroxylation is 1. The summed E-state index contributed by atoms with van der Waals surface area (Å²) in [5, 5.41) is 7.61. The van der Waals surface area contributed by atoms with Crippen LogP contribution in [0.25, 0.3) is 17.1 Å². The Hall–Kier alpha value is -4.65. The lowest BCUT2D eigenvalue weighted by Gasteiger charge is -2.19. The van der Waals surface area contributed by atoms with Crippen molar-refractivity contribution in [2.45, 2.75) is 32.5 Å². The summed E-state index contributed by atoms with van der Waals surface area (Å²) in [5.41, 5.74) is 3.99. The molecule has 5 rings (SSSR count). The lowest BCUT2D eigenvalue weighted by molar-refractivity contribution is -0.274. The van der Waals surface area contributed by atoms with Crippen LogP contribution in [-0.4, -0.2) is 50.5 Å². The maximum absolute atomic E-state index is 12.7. The van der Waals surface area contributed by atoms with Gasteiger partial charge in [0.1, 0.15) is 12.1 Å². The second kappa shape index (κ2) is 12.7. The highest BCUT2D eigenvalue weighted by atomic mass is 32.2. The number of aromatic nitrogens is 3. The Bertz CT molecular complexity index is 1640. The molecule has 2 heterocycles. The predicted octanol–water partition coefficient (Wildman–Crippen LogP) is 6.34. The molecule has 1 aliphatic rings. The number of aliphatic imine (C=N–C) groups is 1. The molecule has 43 heavy (non-hydrogen) atoms. The van der Waals surface area contributed by atoms with Crippen LogP contribution in [0.15, 0.2) is 84.1 Å². The number of alkyl halides is 3. The van der Waals surface area contributed by atoms with Gasteiger partial charge >= 0.3 is 12.4 Å². The van der Waals surface area contributed by atoms with Gasteiger partial charge in [-0.3, -0.25) is 9.69 Å². The molecule has 1 aromatic heterocycles. The molecule has 1 aliphatic heterocycles. The number of nitrogens with zero attached hydrogens (tertiary/aromatic N) is 5. The van der Waals surface area contributed by atoms with E-state index in [0.29, 0.717) is 23.2 Å². The molecular formula is C30H27F3N6O3S. The highest BCUT2D eigenvalue weighted by molar-refractivity contribution is 8.15. The molecule has 9 nitrogen and oxygen atoms in total. The zero-order valence-electron chi connectivity index (χ0n) is 23.2. The summed E-state index contributed by atoms with van der Waals surface area (Å²) in [6.45, 7) is 4.31. The molecule has 1 unspecified atom stereocenters. The number of thioether (sulfide) groups is 1. The Morgan fingerprint density at radius 1 is 1.09 bits per heavy atom. The number of ether oxygens (including phenoxy) is 1. The van der Waals surface area contributed by atoms with E-state index >= 15 is 0 Å². The molecule has 3 aromatic carbocycles. The van der Waals surface area contributed by atoms with Crippen LogP contribution in [0.4, 0.5) is 23.7 Å². The lowest BCUT2D eigenvalue weighted by Crippen LogP contribution is -2.32. The summed E-state index contributed by atoms with van der Waals surface area (Å²) >= 11 is 1.24. The van der Waals surface area contributed by atoms with Crippen LogP contribution in [0.2, 0.25) is 0 Å². The molecule has 1 atom stereocenters. The van der Waals surface area contributed by atoms with Crippen molar-refractivity contribution in [3.63, 3.8) is 0 Å². The van der Waals surface area contributed by atoms with Gasteiger partial charge in [-0.05, 0) is 53.8 Å². The highest BCUT2D eigenvalue weighted by Gasteiger charge is 2.32. The van der Waals surface area contributed by atoms with Crippen molar-refractivity contribution >= 4 is 34.6 Å². The maximum atomic E-state index is 12.7. The van der Waals surface area contributed by atoms with Gasteiger partial charge < -0.3 is 10.1 Å². The van der Waals surface area contributed by atoms with E-state index < -0.39 is 12.4 Å². The van der Waals surface area contributed by atoms with Crippen LogP contribution in [0.1, 0.15) is 30.9 Å². The first-order valence-corrected chi connectivity index (χ1v) is 14.4. The molecule has 3 amide bonds. The molecule has 0 bridgehead atoms. The van der Waals surface area contributed by atoms with Crippen LogP contribution in [0, 0.1) is 0 Å². The molecule has 4 aromatic rings. The third-order valence-electron chi connectivity index (χ3n) is 6.70. The largest absolute Gasteiger partial charge is 0.573 e. The number of anilines is 1. The number of nitrogens with one attached hydrogen (secondary N) is 1. The first-order valence-electron chi connectivity index (χ1n) is 13.4. The zero-order valence-corrected chi connectivity index (χ0v) is 24.0. The van der Waals surface area contributed by atoms with Crippen molar-refractivity contribution in [2.75, 3.05) is 17.2 Å². The van der Waals surface area contributed by atoms with Gasteiger partial charge in [0.15, 0.2) is 11.0 Å². The number of hydrogen-bond donors (Lipinski definition) is 1. The Morgan fingerprint density at radius 2 is 1.81 bits per heavy atom. The number of benzene rings is 3. The molecule has 1 saturated heterocycles. The Morgan fingerprint density at radius 3 is 2.51 bits per heavy atom. The van der Waals surface area contributed by atoms with Gasteiger partial charge in [-0.15, -0.1) is 18.3 Å². The van der Waals surface area contributed by atoms with E-state index in [1.54, 1.807) is 0 Å². The Kier molecular flexibility index (Phi) is 8.81. The molecule has 1 fully saturated rings. The summed E-state index contributed by atoms with van der Waals surface area (Å²) < 4.78 is 42.6. The monoisotopic (exact) mass is 608 g/mol. The second-order valence-electron chi connectivity index (χ2n) is 9.66. The minimum atomic E-state index is -4.76. The van der Waals surface area contributed by atoms with Gasteiger partial charge in [-0.25, -0.2) is 14.5 Å². The number of rotatable bonds is 8. The van der Waals surface area contributed by atoms with Crippen molar-refractivity contribution in [3.05, 3.63) is 90.3 Å². The minimum Gasteiger partial charge on any atom is -0.406 e. The van der Waals surface area contributed by atoms with Crippen molar-refractivity contribution in [1.82, 2.24) is 20.1 Å². The molecule has 13 heteroatoms. The molecule has 222 valence electrons. The van der Waals surface area contributed by atoms with Gasteiger partial charge in [0.05, 0.1) is 17.1 Å². The molecule has 0 saturated carbocycles. The lowest BCUT2D eigenvalue weighted by atomic mass is 10.00. The van der Waals surface area contributed by atoms with Crippen molar-refractivity contribution < 1.29 is 27.5 Å². The van der Waals surface area contributed by atoms with E-state index in [-0.39, 0.29) is 23.3 Å². The van der Waals surface area contributed by atoms with Crippen LogP contribution < -0.4 is 15.0 Å². The number of hydrogen-bond acceptors (Lipinski definition) is 6. The second-order valence-corrected chi connectivity index (χ2v) is 10.6. The van der Waals surface area contributed by atoms with E-state index in [1.807, 2.05) is 62.4 Å². The van der Waals surface area contributed by atoms with Crippen LogP contribution in [-0.2, 0) is 11.2 Å². The van der Waals surface area contributed by atoms with Gasteiger partial charge in [0, 0.05) is 12.1 Å². The predicted molar refractivity (Wildman–Crippen MR) is 158 cm³/mol. The number of carbonyl (C=O) groups excluding carboxylic acids is 2. The molecular weight excluding hydrogens is 581 g/mol. The van der Waals surface area contributed by atoms with Crippen molar-refractivity contribution in [2.24, 2.45) is 4.99 Å². The van der Waals surface area contributed by atoms with Gasteiger partial charge in [0.25, 0.3) is 0 Å². The van der Waals surface area contributed by atoms with Crippen molar-refractivity contribution in [1.29, 1.82) is 0 Å². The van der Waals surface area contributed by atoms with Crippen molar-refractivity contribution in [3.8, 4) is 22.8 Å². The number of para-hydroxylation sites is 1. The average Bonchev–Trinajstić information content (AvgIpc) is 3.62. The zero-order chi connectivity index (χ0) is 30.6. The first kappa shape index (κ1) is 29.8. The summed E-state index contributed by atoms with van der Waals surface area (Å²) in [7, 11) is 0. The number of urea groups is 1. The molecule has 0 aliphatic carbocycles. The fourth-order valence-corrected chi connectivity index (χ4v) is 5.33. The third-order valence-corrected chi connectivity index (χ3v) is 7.62. The van der Waals surface area contributed by atoms with E-state index in [2.05, 4.69) is 25.1 Å². The van der Waals surface area contributed by atoms with Crippen LogP contribution >= 0.6 is 11.8 Å². The summed E-state index contributed by atoms with van der Waals surface area (Å²) in [5.74, 6) is 0.201. The van der Waals surface area contributed by atoms with E-state index in [0.717, 1.165) is 28.8 Å². The first-order chi connectivity index (χ1) is 20.6.